The van der Waals surface area contributed by atoms with Crippen molar-refractivity contribution in [1.29, 1.82) is 0 Å². The summed E-state index contributed by atoms with van der Waals surface area (Å²) in [5, 5.41) is 8.22. The molecule has 5 nitrogen and oxygen atoms in total. The molecule has 1 atom stereocenters. The number of amides is 1. The van der Waals surface area contributed by atoms with E-state index in [1.54, 1.807) is 12.1 Å². The topological polar surface area (TPSA) is 50.8 Å². The van der Waals surface area contributed by atoms with Crippen LogP contribution in [0.15, 0.2) is 91.1 Å². The van der Waals surface area contributed by atoms with Crippen LogP contribution in [0.1, 0.15) is 36.9 Å². The number of benzene rings is 3. The van der Waals surface area contributed by atoms with Crippen LogP contribution in [-0.2, 0) is 11.3 Å². The van der Waals surface area contributed by atoms with Crippen LogP contribution in [0, 0.1) is 5.82 Å². The molecule has 4 aromatic rings. The summed E-state index contributed by atoms with van der Waals surface area (Å²) in [4.78, 5) is 12.2. The van der Waals surface area contributed by atoms with Crippen LogP contribution in [-0.4, -0.2) is 21.3 Å². The van der Waals surface area contributed by atoms with E-state index >= 15 is 0 Å². The van der Waals surface area contributed by atoms with Gasteiger partial charge in [0.2, 0.25) is 5.91 Å². The number of aromatic nitrogens is 3. The third-order valence-corrected chi connectivity index (χ3v) is 7.06. The van der Waals surface area contributed by atoms with Gasteiger partial charge in [-0.05, 0) is 48.6 Å². The maximum absolute atomic E-state index is 14.3. The monoisotopic (exact) mass is 465 g/mol. The summed E-state index contributed by atoms with van der Waals surface area (Å²) < 4.78 is 18.2. The van der Waals surface area contributed by atoms with Gasteiger partial charge in [0, 0.05) is 17.6 Å². The number of nitrogens with zero attached hydrogens (tertiary/aromatic N) is 3. The van der Waals surface area contributed by atoms with Gasteiger partial charge in [-0.1, -0.05) is 66.7 Å². The first-order valence-electron chi connectivity index (χ1n) is 12.0. The lowest BCUT2D eigenvalue weighted by molar-refractivity contribution is -0.661. The van der Waals surface area contributed by atoms with Crippen molar-refractivity contribution in [2.75, 3.05) is 0 Å². The molecule has 35 heavy (non-hydrogen) atoms. The largest absolute Gasteiger partial charge is 0.346 e. The Hall–Kier alpha value is -4.06. The minimum Gasteiger partial charge on any atom is -0.346 e. The zero-order chi connectivity index (χ0) is 23.8. The maximum atomic E-state index is 14.3. The molecule has 2 aliphatic rings. The van der Waals surface area contributed by atoms with Crippen LogP contribution >= 0.6 is 0 Å². The van der Waals surface area contributed by atoms with E-state index in [9.17, 15) is 9.18 Å². The molecule has 0 radical (unpaired) electrons. The Labute approximate surface area is 203 Å². The third-order valence-electron chi connectivity index (χ3n) is 7.06. The molecule has 0 bridgehead atoms. The molecule has 1 aliphatic carbocycles. The normalized spacial score (nSPS) is 19.2. The van der Waals surface area contributed by atoms with Crippen LogP contribution in [0.5, 0.6) is 0 Å². The van der Waals surface area contributed by atoms with E-state index in [1.165, 1.54) is 6.07 Å². The number of allylic oxidation sites excluding steroid dienone is 1. The van der Waals surface area contributed by atoms with Crippen LogP contribution in [0.2, 0.25) is 0 Å². The quantitative estimate of drug-likeness (QED) is 0.429. The average Bonchev–Trinajstić information content (AvgIpc) is 3.59. The van der Waals surface area contributed by atoms with Crippen LogP contribution in [0.25, 0.3) is 22.4 Å². The highest BCUT2D eigenvalue weighted by Gasteiger charge is 2.46. The lowest BCUT2D eigenvalue weighted by atomic mass is 9.88. The molecule has 1 aromatic heterocycles. The summed E-state index contributed by atoms with van der Waals surface area (Å²) in [6, 6.07) is 24.8. The number of rotatable bonds is 5. The van der Waals surface area contributed by atoms with Gasteiger partial charge >= 0.3 is 0 Å². The van der Waals surface area contributed by atoms with Crippen molar-refractivity contribution >= 4 is 11.5 Å². The van der Waals surface area contributed by atoms with E-state index in [1.807, 2.05) is 64.1 Å². The van der Waals surface area contributed by atoms with Crippen molar-refractivity contribution in [3.8, 4) is 16.8 Å². The summed E-state index contributed by atoms with van der Waals surface area (Å²) in [6.45, 7) is 0.590. The molecule has 1 aliphatic heterocycles. The van der Waals surface area contributed by atoms with E-state index in [0.29, 0.717) is 13.0 Å². The second kappa shape index (κ2) is 8.62. The Balaban J connectivity index is 1.50. The molecule has 1 spiro atoms. The van der Waals surface area contributed by atoms with Crippen molar-refractivity contribution in [2.45, 2.75) is 37.8 Å². The predicted octanol–water partition coefficient (Wildman–Crippen LogP) is 4.84. The number of hydrogen-bond donors (Lipinski definition) is 1. The first kappa shape index (κ1) is 21.5. The fourth-order valence-corrected chi connectivity index (χ4v) is 5.38. The van der Waals surface area contributed by atoms with Crippen molar-refractivity contribution in [3.63, 3.8) is 0 Å². The molecule has 1 amide bonds. The number of carbonyl (C=O) groups is 1. The molecule has 1 saturated heterocycles. The molecular weight excluding hydrogens is 439 g/mol. The summed E-state index contributed by atoms with van der Waals surface area (Å²) in [6.07, 6.45) is 7.40. The summed E-state index contributed by atoms with van der Waals surface area (Å²) in [7, 11) is 0. The standard InChI is InChI=1S/C29H25FN4O/c30-23-13-14-26(24(18-23)22-10-5-2-6-11-22)34-20-27(33(32-34)19-21-8-3-1-4-9-21)25-12-7-16-29(25)17-15-28(35)31-29/h1-6,8-14,18,20H,7,15-17,19H2/p+1/t29-/m0/s1. The van der Waals surface area contributed by atoms with Gasteiger partial charge < -0.3 is 5.32 Å². The molecule has 1 fully saturated rings. The summed E-state index contributed by atoms with van der Waals surface area (Å²) in [5.41, 5.74) is 5.38. The van der Waals surface area contributed by atoms with Gasteiger partial charge in [0.15, 0.2) is 17.6 Å². The Morgan fingerprint density at radius 2 is 1.77 bits per heavy atom. The average molecular weight is 466 g/mol. The van der Waals surface area contributed by atoms with Gasteiger partial charge in [-0.3, -0.25) is 4.79 Å². The minimum atomic E-state index is -0.339. The van der Waals surface area contributed by atoms with Crippen molar-refractivity contribution < 1.29 is 13.9 Å². The van der Waals surface area contributed by atoms with E-state index in [-0.39, 0.29) is 17.3 Å². The highest BCUT2D eigenvalue weighted by atomic mass is 19.1. The lowest BCUT2D eigenvalue weighted by Gasteiger charge is -2.25. The molecule has 0 saturated carbocycles. The Morgan fingerprint density at radius 3 is 2.51 bits per heavy atom. The molecule has 2 heterocycles. The fraction of sp³-hybridized carbons (Fsp3) is 0.207. The molecule has 6 rings (SSSR count). The number of nitrogens with one attached hydrogen (secondary N) is 1. The van der Waals surface area contributed by atoms with Gasteiger partial charge in [-0.25, -0.2) is 4.39 Å². The van der Waals surface area contributed by atoms with Crippen LogP contribution < -0.4 is 10.00 Å². The first-order chi connectivity index (χ1) is 17.1. The summed E-state index contributed by atoms with van der Waals surface area (Å²) in [5.74, 6) is -0.187. The lowest BCUT2D eigenvalue weighted by Crippen LogP contribution is -2.41. The van der Waals surface area contributed by atoms with Crippen LogP contribution in [0.4, 0.5) is 4.39 Å². The Kier molecular flexibility index (Phi) is 5.29. The third kappa shape index (κ3) is 3.95. The van der Waals surface area contributed by atoms with Crippen molar-refractivity contribution in [3.05, 3.63) is 108 Å². The van der Waals surface area contributed by atoms with Crippen molar-refractivity contribution in [2.24, 2.45) is 0 Å². The van der Waals surface area contributed by atoms with Gasteiger partial charge in [0.05, 0.1) is 10.8 Å². The molecule has 174 valence electrons. The summed E-state index contributed by atoms with van der Waals surface area (Å²) >= 11 is 0. The van der Waals surface area contributed by atoms with Gasteiger partial charge in [-0.15, -0.1) is 9.36 Å². The molecular formula is C29H26FN4O+. The number of halogens is 1. The number of carbonyl (C=O) groups excluding carboxylic acids is 1. The van der Waals surface area contributed by atoms with Crippen molar-refractivity contribution in [1.82, 2.24) is 15.2 Å². The van der Waals surface area contributed by atoms with E-state index in [4.69, 9.17) is 5.21 Å². The second-order valence-corrected chi connectivity index (χ2v) is 9.31. The highest BCUT2D eigenvalue weighted by Crippen LogP contribution is 2.43. The SMILES string of the molecule is O=C1CC[C@]2(CCC=C2c2c[n+](-c3ccc(F)cc3-c3ccccc3)nn2Cc2ccccc2)N1. The maximum Gasteiger partial charge on any atom is 0.220 e. The van der Waals surface area contributed by atoms with E-state index in [0.717, 1.165) is 52.9 Å². The van der Waals surface area contributed by atoms with Gasteiger partial charge in [0.1, 0.15) is 12.4 Å². The van der Waals surface area contributed by atoms with Crippen LogP contribution in [0.3, 0.4) is 0 Å². The smallest absolute Gasteiger partial charge is 0.220 e. The van der Waals surface area contributed by atoms with Gasteiger partial charge in [-0.2, -0.15) is 0 Å². The van der Waals surface area contributed by atoms with E-state index < -0.39 is 0 Å². The Morgan fingerprint density at radius 1 is 1.00 bits per heavy atom. The van der Waals surface area contributed by atoms with Gasteiger partial charge in [0.25, 0.3) is 0 Å². The predicted molar refractivity (Wildman–Crippen MR) is 132 cm³/mol. The molecule has 1 N–H and O–H groups in total. The first-order valence-corrected chi connectivity index (χ1v) is 12.0. The molecule has 3 aromatic carbocycles. The molecule has 6 heteroatoms. The second-order valence-electron chi connectivity index (χ2n) is 9.31. The molecule has 0 unspecified atom stereocenters. The fourth-order valence-electron chi connectivity index (χ4n) is 5.38. The zero-order valence-corrected chi connectivity index (χ0v) is 19.3. The number of hydrogen-bond acceptors (Lipinski definition) is 2. The Bertz CT molecular complexity index is 1430. The minimum absolute atomic E-state index is 0.102. The van der Waals surface area contributed by atoms with E-state index in [2.05, 4.69) is 23.5 Å². The highest BCUT2D eigenvalue weighted by molar-refractivity contribution is 5.87. The zero-order valence-electron chi connectivity index (χ0n) is 19.3.